The van der Waals surface area contributed by atoms with Gasteiger partial charge in [0, 0.05) is 18.1 Å². The first kappa shape index (κ1) is 16.5. The van der Waals surface area contributed by atoms with Crippen LogP contribution >= 0.6 is 11.3 Å². The number of rotatable bonds is 4. The number of ketones is 1. The largest absolute Gasteiger partial charge is 0.342 e. The molecular weight excluding hydrogens is 362 g/mol. The fourth-order valence-electron chi connectivity index (χ4n) is 4.32. The Bertz CT molecular complexity index is 1030. The lowest BCUT2D eigenvalue weighted by molar-refractivity contribution is 0.0990. The second kappa shape index (κ2) is 5.91. The van der Waals surface area contributed by atoms with Crippen molar-refractivity contribution in [3.8, 4) is 5.69 Å². The van der Waals surface area contributed by atoms with E-state index in [1.807, 2.05) is 6.92 Å². The van der Waals surface area contributed by atoms with Crippen LogP contribution in [0.4, 0.5) is 5.82 Å². The summed E-state index contributed by atoms with van der Waals surface area (Å²) in [6.07, 6.45) is 6.63. The van der Waals surface area contributed by atoms with Crippen molar-refractivity contribution in [3.05, 3.63) is 40.3 Å². The number of hydrogen-bond acceptors (Lipinski definition) is 8. The summed E-state index contributed by atoms with van der Waals surface area (Å²) < 4.78 is 2.08. The van der Waals surface area contributed by atoms with Crippen molar-refractivity contribution < 1.29 is 4.79 Å². The van der Waals surface area contributed by atoms with Gasteiger partial charge in [0.1, 0.15) is 22.9 Å². The Labute approximate surface area is 160 Å². The van der Waals surface area contributed by atoms with Crippen molar-refractivity contribution in [1.29, 1.82) is 0 Å². The summed E-state index contributed by atoms with van der Waals surface area (Å²) in [6.45, 7) is 5.06. The van der Waals surface area contributed by atoms with Crippen molar-refractivity contribution in [2.45, 2.75) is 45.1 Å². The van der Waals surface area contributed by atoms with Crippen molar-refractivity contribution >= 4 is 22.9 Å². The maximum absolute atomic E-state index is 12.4. The maximum Gasteiger partial charge on any atom is 0.198 e. The molecule has 1 saturated heterocycles. The zero-order valence-corrected chi connectivity index (χ0v) is 16.0. The molecule has 138 valence electrons. The lowest BCUT2D eigenvalue weighted by atomic mass is 9.90. The van der Waals surface area contributed by atoms with Crippen LogP contribution in [0.2, 0.25) is 0 Å². The van der Waals surface area contributed by atoms with Crippen LogP contribution in [0.5, 0.6) is 0 Å². The number of thiazole rings is 1. The molecule has 0 aromatic carbocycles. The van der Waals surface area contributed by atoms with Gasteiger partial charge in [-0.15, -0.1) is 21.5 Å². The van der Waals surface area contributed by atoms with Gasteiger partial charge in [-0.3, -0.25) is 9.36 Å². The highest BCUT2D eigenvalue weighted by atomic mass is 32.1. The van der Waals surface area contributed by atoms with Crippen molar-refractivity contribution in [3.63, 3.8) is 0 Å². The van der Waals surface area contributed by atoms with E-state index in [0.717, 1.165) is 49.0 Å². The minimum absolute atomic E-state index is 0.0508. The Morgan fingerprint density at radius 3 is 3.00 bits per heavy atom. The van der Waals surface area contributed by atoms with E-state index in [9.17, 15) is 4.79 Å². The molecule has 1 atom stereocenters. The normalized spacial score (nSPS) is 20.3. The molecule has 3 aromatic rings. The standard InChI is InChI=1S/C18H19N7OS/c1-3-18-5-4-7-24(18)15-12(25-11(2)22-23-17(18)25)10-20-14(21-15)9-13(26)16-19-6-8-27-16/h6,8,10H,3-5,7,9H2,1-2H3. The van der Waals surface area contributed by atoms with E-state index in [1.165, 1.54) is 11.3 Å². The quantitative estimate of drug-likeness (QED) is 0.641. The Hall–Kier alpha value is -2.68. The molecule has 0 bridgehead atoms. The SMILES string of the molecule is CCC12CCCN1c1nc(CC(=O)c3nccs3)ncc1-n1c(C)nnc12. The number of carbonyl (C=O) groups excluding carboxylic acids is 1. The molecule has 0 amide bonds. The second-order valence-electron chi connectivity index (χ2n) is 6.98. The number of nitrogens with zero attached hydrogens (tertiary/aromatic N) is 7. The van der Waals surface area contributed by atoms with Crippen molar-refractivity contribution in [2.24, 2.45) is 0 Å². The van der Waals surface area contributed by atoms with Crippen LogP contribution in [0.25, 0.3) is 5.69 Å². The van der Waals surface area contributed by atoms with Gasteiger partial charge in [0.15, 0.2) is 22.4 Å². The molecule has 8 nitrogen and oxygen atoms in total. The van der Waals surface area contributed by atoms with Gasteiger partial charge in [-0.1, -0.05) is 6.92 Å². The Kier molecular flexibility index (Phi) is 3.61. The number of aryl methyl sites for hydroxylation is 1. The lowest BCUT2D eigenvalue weighted by Crippen LogP contribution is -2.47. The van der Waals surface area contributed by atoms with Crippen LogP contribution in [0.1, 0.15) is 53.5 Å². The zero-order chi connectivity index (χ0) is 18.6. The van der Waals surface area contributed by atoms with Gasteiger partial charge in [0.05, 0.1) is 12.6 Å². The minimum Gasteiger partial charge on any atom is -0.342 e. The summed E-state index contributed by atoms with van der Waals surface area (Å²) in [4.78, 5) is 28.1. The van der Waals surface area contributed by atoms with Crippen LogP contribution < -0.4 is 4.90 Å². The van der Waals surface area contributed by atoms with Crippen LogP contribution in [-0.2, 0) is 12.0 Å². The van der Waals surface area contributed by atoms with E-state index in [4.69, 9.17) is 4.98 Å². The third-order valence-electron chi connectivity index (χ3n) is 5.60. The van der Waals surface area contributed by atoms with Gasteiger partial charge in [-0.25, -0.2) is 15.0 Å². The molecule has 3 aromatic heterocycles. The smallest absolute Gasteiger partial charge is 0.198 e. The number of anilines is 1. The monoisotopic (exact) mass is 381 g/mol. The summed E-state index contributed by atoms with van der Waals surface area (Å²) in [5.74, 6) is 3.16. The molecule has 2 aliphatic heterocycles. The zero-order valence-electron chi connectivity index (χ0n) is 15.2. The molecule has 1 unspecified atom stereocenters. The Morgan fingerprint density at radius 1 is 1.33 bits per heavy atom. The third-order valence-corrected chi connectivity index (χ3v) is 6.41. The second-order valence-corrected chi connectivity index (χ2v) is 7.87. The maximum atomic E-state index is 12.4. The summed E-state index contributed by atoms with van der Waals surface area (Å²) in [7, 11) is 0. The van der Waals surface area contributed by atoms with Gasteiger partial charge >= 0.3 is 0 Å². The summed E-state index contributed by atoms with van der Waals surface area (Å²) in [5, 5.41) is 11.1. The van der Waals surface area contributed by atoms with Gasteiger partial charge in [0.2, 0.25) is 0 Å². The highest BCUT2D eigenvalue weighted by molar-refractivity contribution is 7.11. The van der Waals surface area contributed by atoms with E-state index in [-0.39, 0.29) is 17.7 Å². The van der Waals surface area contributed by atoms with Crippen LogP contribution in [0.15, 0.2) is 17.8 Å². The van der Waals surface area contributed by atoms with E-state index < -0.39 is 0 Å². The van der Waals surface area contributed by atoms with Crippen LogP contribution in [0, 0.1) is 6.92 Å². The predicted molar refractivity (Wildman–Crippen MR) is 100 cm³/mol. The number of aromatic nitrogens is 6. The van der Waals surface area contributed by atoms with E-state index in [0.29, 0.717) is 10.8 Å². The fraction of sp³-hybridized carbons (Fsp3) is 0.444. The average Bonchev–Trinajstić information content (AvgIpc) is 3.41. The van der Waals surface area contributed by atoms with Gasteiger partial charge in [-0.2, -0.15) is 0 Å². The van der Waals surface area contributed by atoms with Crippen molar-refractivity contribution in [2.75, 3.05) is 11.4 Å². The van der Waals surface area contributed by atoms with E-state index in [1.54, 1.807) is 17.8 Å². The first-order valence-electron chi connectivity index (χ1n) is 9.13. The molecule has 0 N–H and O–H groups in total. The molecule has 1 fully saturated rings. The topological polar surface area (TPSA) is 89.7 Å². The molecule has 0 radical (unpaired) electrons. The highest BCUT2D eigenvalue weighted by Gasteiger charge is 2.50. The number of hydrogen-bond donors (Lipinski definition) is 0. The first-order valence-corrected chi connectivity index (χ1v) is 10.0. The molecule has 9 heteroatoms. The molecule has 27 heavy (non-hydrogen) atoms. The third kappa shape index (κ3) is 2.27. The van der Waals surface area contributed by atoms with E-state index >= 15 is 0 Å². The minimum atomic E-state index is -0.181. The molecule has 0 aliphatic carbocycles. The molecule has 5 rings (SSSR count). The molecule has 0 spiro atoms. The van der Waals surface area contributed by atoms with Crippen molar-refractivity contribution in [1.82, 2.24) is 29.7 Å². The van der Waals surface area contributed by atoms with Crippen LogP contribution in [-0.4, -0.2) is 42.0 Å². The molecule has 5 heterocycles. The van der Waals surface area contributed by atoms with E-state index in [2.05, 4.69) is 36.6 Å². The lowest BCUT2D eigenvalue weighted by Gasteiger charge is -2.42. The summed E-state index contributed by atoms with van der Waals surface area (Å²) in [6, 6.07) is 0. The Balaban J connectivity index is 1.61. The van der Waals surface area contributed by atoms with Crippen LogP contribution in [0.3, 0.4) is 0 Å². The summed E-state index contributed by atoms with van der Waals surface area (Å²) >= 11 is 1.34. The Morgan fingerprint density at radius 2 is 2.22 bits per heavy atom. The number of fused-ring (bicyclic) bond motifs is 6. The fourth-order valence-corrected chi connectivity index (χ4v) is 4.90. The number of carbonyl (C=O) groups is 1. The first-order chi connectivity index (χ1) is 13.1. The van der Waals surface area contributed by atoms with Gasteiger partial charge in [0.25, 0.3) is 0 Å². The molecule has 0 saturated carbocycles. The number of Topliss-reactive ketones (excluding diaryl/α,β-unsaturated/α-hetero) is 1. The molecule has 2 aliphatic rings. The van der Waals surface area contributed by atoms with Gasteiger partial charge in [-0.05, 0) is 26.2 Å². The average molecular weight is 381 g/mol. The summed E-state index contributed by atoms with van der Waals surface area (Å²) in [5.41, 5.74) is 0.711. The highest BCUT2D eigenvalue weighted by Crippen LogP contribution is 2.48. The predicted octanol–water partition coefficient (Wildman–Crippen LogP) is 2.47. The van der Waals surface area contributed by atoms with Gasteiger partial charge < -0.3 is 4.90 Å². The molecular formula is C18H19N7OS.